The Morgan fingerprint density at radius 3 is 2.31 bits per heavy atom. The van der Waals surface area contributed by atoms with Crippen molar-refractivity contribution < 1.29 is 26.9 Å². The van der Waals surface area contributed by atoms with E-state index in [2.05, 4.69) is 10.2 Å². The van der Waals surface area contributed by atoms with E-state index in [4.69, 9.17) is 0 Å². The van der Waals surface area contributed by atoms with Crippen molar-refractivity contribution in [1.29, 1.82) is 0 Å². The van der Waals surface area contributed by atoms with Crippen LogP contribution in [0.5, 0.6) is 0 Å². The van der Waals surface area contributed by atoms with Gasteiger partial charge in [0.25, 0.3) is 6.43 Å². The molecule has 0 bridgehead atoms. The van der Waals surface area contributed by atoms with E-state index in [1.165, 1.54) is 27.0 Å². The van der Waals surface area contributed by atoms with Gasteiger partial charge in [0.15, 0.2) is 0 Å². The molecule has 2 aromatic rings. The molecule has 15 heteroatoms. The van der Waals surface area contributed by atoms with Crippen molar-refractivity contribution in [3.63, 3.8) is 0 Å². The van der Waals surface area contributed by atoms with E-state index in [1.54, 1.807) is 6.92 Å². The van der Waals surface area contributed by atoms with E-state index >= 15 is 0 Å². The first-order valence-corrected chi connectivity index (χ1v) is 11.2. The number of rotatable bonds is 7. The lowest BCUT2D eigenvalue weighted by Gasteiger charge is -2.33. The fourth-order valence-electron chi connectivity index (χ4n) is 3.55. The van der Waals surface area contributed by atoms with E-state index < -0.39 is 45.2 Å². The molecule has 1 saturated heterocycles. The SMILES string of the molecule is CCn1cc(S(=O)(=O)N2CCN(C(=O)Cn3nc(C(F)F)c([N+](=O)[O-])c3C)CC2)c(C)n1. The standard InChI is InChI=1S/C17H23F2N7O5S/c1-4-23-9-13(11(2)20-23)32(30,31)24-7-5-22(6-8-24)14(27)10-25-12(3)16(26(28)29)15(21-25)17(18)19/h9,17H,4-8,10H2,1-3H3. The summed E-state index contributed by atoms with van der Waals surface area (Å²) in [7, 11) is -3.78. The molecule has 32 heavy (non-hydrogen) atoms. The van der Waals surface area contributed by atoms with Crippen LogP contribution in [0.25, 0.3) is 0 Å². The third-order valence-electron chi connectivity index (χ3n) is 5.31. The highest BCUT2D eigenvalue weighted by Crippen LogP contribution is 2.31. The second kappa shape index (κ2) is 8.90. The van der Waals surface area contributed by atoms with Crippen LogP contribution in [0, 0.1) is 24.0 Å². The Morgan fingerprint density at radius 1 is 1.22 bits per heavy atom. The number of halogens is 2. The molecule has 12 nitrogen and oxygen atoms in total. The predicted molar refractivity (Wildman–Crippen MR) is 107 cm³/mol. The molecule has 0 aliphatic carbocycles. The van der Waals surface area contributed by atoms with Crippen LogP contribution < -0.4 is 0 Å². The number of aryl methyl sites for hydroxylation is 2. The van der Waals surface area contributed by atoms with Gasteiger partial charge in [0.1, 0.15) is 17.1 Å². The molecule has 0 spiro atoms. The summed E-state index contributed by atoms with van der Waals surface area (Å²) >= 11 is 0. The fraction of sp³-hybridized carbons (Fsp3) is 0.588. The molecule has 0 unspecified atom stereocenters. The van der Waals surface area contributed by atoms with Crippen LogP contribution in [0.3, 0.4) is 0 Å². The summed E-state index contributed by atoms with van der Waals surface area (Å²) in [6.07, 6.45) is -1.68. The maximum atomic E-state index is 13.1. The van der Waals surface area contributed by atoms with Crippen molar-refractivity contribution in [2.24, 2.45) is 0 Å². The van der Waals surface area contributed by atoms with Crippen molar-refractivity contribution in [2.75, 3.05) is 26.2 Å². The van der Waals surface area contributed by atoms with Crippen LogP contribution in [0.1, 0.15) is 30.4 Å². The van der Waals surface area contributed by atoms with Gasteiger partial charge in [-0.1, -0.05) is 0 Å². The van der Waals surface area contributed by atoms with Crippen LogP contribution in [0.4, 0.5) is 14.5 Å². The van der Waals surface area contributed by atoms with Crippen molar-refractivity contribution >= 4 is 21.6 Å². The first-order valence-electron chi connectivity index (χ1n) is 9.79. The minimum absolute atomic E-state index is 0.0470. The quantitative estimate of drug-likeness (QED) is 0.432. The highest BCUT2D eigenvalue weighted by molar-refractivity contribution is 7.89. The highest BCUT2D eigenvalue weighted by atomic mass is 32.2. The number of hydrogen-bond acceptors (Lipinski definition) is 7. The normalized spacial score (nSPS) is 15.5. The molecule has 3 heterocycles. The van der Waals surface area contributed by atoms with Gasteiger partial charge in [0.2, 0.25) is 21.6 Å². The first-order chi connectivity index (χ1) is 15.0. The Balaban J connectivity index is 1.69. The minimum Gasteiger partial charge on any atom is -0.338 e. The van der Waals surface area contributed by atoms with Gasteiger partial charge < -0.3 is 4.90 Å². The molecule has 3 rings (SSSR count). The number of piperazine rings is 1. The summed E-state index contributed by atoms with van der Waals surface area (Å²) in [6.45, 7) is 5.02. The zero-order valence-corrected chi connectivity index (χ0v) is 18.5. The molecule has 0 aromatic carbocycles. The molecular formula is C17H23F2N7O5S. The lowest BCUT2D eigenvalue weighted by atomic mass is 10.3. The maximum Gasteiger partial charge on any atom is 0.319 e. The van der Waals surface area contributed by atoms with Gasteiger partial charge in [0, 0.05) is 38.9 Å². The summed E-state index contributed by atoms with van der Waals surface area (Å²) in [4.78, 5) is 24.3. The van der Waals surface area contributed by atoms with E-state index in [0.717, 1.165) is 4.68 Å². The van der Waals surface area contributed by atoms with Crippen LogP contribution >= 0.6 is 0 Å². The number of amides is 1. The zero-order chi connectivity index (χ0) is 23.8. The molecular weight excluding hydrogens is 452 g/mol. The molecule has 0 atom stereocenters. The third kappa shape index (κ3) is 4.34. The molecule has 1 fully saturated rings. The number of sulfonamides is 1. The van der Waals surface area contributed by atoms with Crippen LogP contribution in [0.15, 0.2) is 11.1 Å². The van der Waals surface area contributed by atoms with Gasteiger partial charge in [-0.15, -0.1) is 0 Å². The summed E-state index contributed by atoms with van der Waals surface area (Å²) in [5.41, 5.74) is -1.56. The largest absolute Gasteiger partial charge is 0.338 e. The van der Waals surface area contributed by atoms with Gasteiger partial charge in [-0.2, -0.15) is 14.5 Å². The van der Waals surface area contributed by atoms with Gasteiger partial charge in [0.05, 0.1) is 10.6 Å². The first kappa shape index (κ1) is 23.7. The van der Waals surface area contributed by atoms with Crippen molar-refractivity contribution in [3.05, 3.63) is 33.4 Å². The predicted octanol–water partition coefficient (Wildman–Crippen LogP) is 1.10. The van der Waals surface area contributed by atoms with Crippen LogP contribution in [-0.2, 0) is 27.9 Å². The topological polar surface area (TPSA) is 136 Å². The second-order valence-corrected chi connectivity index (χ2v) is 9.16. The molecule has 0 N–H and O–H groups in total. The zero-order valence-electron chi connectivity index (χ0n) is 17.7. The van der Waals surface area contributed by atoms with Crippen molar-refractivity contribution in [2.45, 2.75) is 45.2 Å². The fourth-order valence-corrected chi connectivity index (χ4v) is 5.14. The number of nitro groups is 1. The molecule has 0 saturated carbocycles. The number of carbonyl (C=O) groups excluding carboxylic acids is 1. The molecule has 0 radical (unpaired) electrons. The van der Waals surface area contributed by atoms with Gasteiger partial charge in [-0.05, 0) is 20.8 Å². The number of carbonyl (C=O) groups is 1. The second-order valence-electron chi connectivity index (χ2n) is 7.25. The van der Waals surface area contributed by atoms with E-state index in [-0.39, 0.29) is 36.8 Å². The lowest BCUT2D eigenvalue weighted by molar-refractivity contribution is -0.386. The van der Waals surface area contributed by atoms with E-state index in [1.807, 2.05) is 6.92 Å². The molecule has 2 aromatic heterocycles. The van der Waals surface area contributed by atoms with Crippen molar-refractivity contribution in [1.82, 2.24) is 28.8 Å². The number of hydrogen-bond donors (Lipinski definition) is 0. The average molecular weight is 475 g/mol. The number of alkyl halides is 2. The average Bonchev–Trinajstić information content (AvgIpc) is 3.28. The van der Waals surface area contributed by atoms with Gasteiger partial charge in [-0.25, -0.2) is 17.2 Å². The number of aromatic nitrogens is 4. The van der Waals surface area contributed by atoms with Gasteiger partial charge in [-0.3, -0.25) is 24.3 Å². The Bertz CT molecular complexity index is 1140. The van der Waals surface area contributed by atoms with E-state index in [0.29, 0.717) is 12.2 Å². The maximum absolute atomic E-state index is 13.1. The molecule has 1 amide bonds. The Labute approximate surface area is 182 Å². The monoisotopic (exact) mass is 475 g/mol. The Morgan fingerprint density at radius 2 is 1.84 bits per heavy atom. The highest BCUT2D eigenvalue weighted by Gasteiger charge is 2.34. The smallest absolute Gasteiger partial charge is 0.319 e. The molecule has 176 valence electrons. The Hall–Kier alpha value is -2.94. The summed E-state index contributed by atoms with van der Waals surface area (Å²) in [5, 5.41) is 18.8. The molecule has 1 aliphatic heterocycles. The number of nitrogens with zero attached hydrogens (tertiary/aromatic N) is 7. The third-order valence-corrected chi connectivity index (χ3v) is 7.31. The molecule has 1 aliphatic rings. The summed E-state index contributed by atoms with van der Waals surface area (Å²) in [6, 6.07) is 0. The van der Waals surface area contributed by atoms with Crippen LogP contribution in [-0.4, -0.2) is 74.2 Å². The Kier molecular flexibility index (Phi) is 6.59. The summed E-state index contributed by atoms with van der Waals surface area (Å²) in [5.74, 6) is -0.502. The van der Waals surface area contributed by atoms with E-state index in [9.17, 15) is 32.1 Å². The summed E-state index contributed by atoms with van der Waals surface area (Å²) < 4.78 is 55.7. The van der Waals surface area contributed by atoms with Crippen molar-refractivity contribution in [3.8, 4) is 0 Å². The lowest BCUT2D eigenvalue weighted by Crippen LogP contribution is -2.51. The van der Waals surface area contributed by atoms with Crippen LogP contribution in [0.2, 0.25) is 0 Å². The minimum atomic E-state index is -3.78. The van der Waals surface area contributed by atoms with Gasteiger partial charge >= 0.3 is 5.69 Å².